The molecule has 1 saturated heterocycles. The van der Waals surface area contributed by atoms with Crippen molar-refractivity contribution in [2.45, 2.75) is 83.9 Å². The van der Waals surface area contributed by atoms with Crippen molar-refractivity contribution in [3.63, 3.8) is 0 Å². The van der Waals surface area contributed by atoms with Gasteiger partial charge < -0.3 is 14.5 Å². The minimum absolute atomic E-state index is 0.00772. The minimum atomic E-state index is -1.31. The van der Waals surface area contributed by atoms with Gasteiger partial charge in [-0.15, -0.1) is 0 Å². The molecule has 1 unspecified atom stereocenters. The lowest BCUT2D eigenvalue weighted by Gasteiger charge is -2.44. The van der Waals surface area contributed by atoms with Gasteiger partial charge in [0.2, 0.25) is 0 Å². The summed E-state index contributed by atoms with van der Waals surface area (Å²) in [7, 11) is -1.31. The van der Waals surface area contributed by atoms with Gasteiger partial charge in [0.25, 0.3) is 0 Å². The maximum atomic E-state index is 14.2. The summed E-state index contributed by atoms with van der Waals surface area (Å²) in [6.45, 7) is 16.2. The number of nitrogens with zero attached hydrogens (tertiary/aromatic N) is 6. The third-order valence-electron chi connectivity index (χ3n) is 8.06. The molecule has 1 aliphatic rings. The molecule has 0 spiro atoms. The highest BCUT2D eigenvalue weighted by Gasteiger charge is 2.36. The lowest BCUT2D eigenvalue weighted by Crippen LogP contribution is -2.59. The largest absolute Gasteiger partial charge is 0.444 e. The lowest BCUT2D eigenvalue weighted by atomic mass is 10.0. The molecule has 0 aliphatic carbocycles. The van der Waals surface area contributed by atoms with E-state index < -0.39 is 22.1 Å². The predicted molar refractivity (Wildman–Crippen MR) is 184 cm³/mol. The van der Waals surface area contributed by atoms with Crippen molar-refractivity contribution < 1.29 is 13.7 Å². The Labute approximate surface area is 277 Å². The average Bonchev–Trinajstić information content (AvgIpc) is 2.97. The number of pyridine rings is 2. The Balaban J connectivity index is 1.77. The van der Waals surface area contributed by atoms with Crippen LogP contribution >= 0.6 is 11.6 Å². The quantitative estimate of drug-likeness (QED) is 0.238. The highest BCUT2D eigenvalue weighted by molar-refractivity contribution is 7.84. The summed E-state index contributed by atoms with van der Waals surface area (Å²) in [4.78, 5) is 46.0. The monoisotopic (exact) mass is 664 g/mol. The van der Waals surface area contributed by atoms with Crippen molar-refractivity contribution in [1.29, 1.82) is 0 Å². The molecule has 0 bridgehead atoms. The second-order valence-electron chi connectivity index (χ2n) is 13.2. The minimum Gasteiger partial charge on any atom is -0.444 e. The van der Waals surface area contributed by atoms with Gasteiger partial charge in [0.15, 0.2) is 5.65 Å². The topological polar surface area (TPSA) is 111 Å². The standard InChI is InChI=1S/C34H41ClN6O4S/c1-19(2)27-29(20(3)14-15-36-27)41-31-24(16-25(35)28(37-31)23-12-10-11-13-26(23)46(9)44)30(38-32(41)42)39-17-22(5)40(18-21(39)4)33(43)45-34(6,7)8/h10-16,19,21-22H,17-18H2,1-9H3/t21-,22+,46?/m0/s1. The van der Waals surface area contributed by atoms with Crippen LogP contribution in [0.1, 0.15) is 65.6 Å². The third-order valence-corrected chi connectivity index (χ3v) is 9.33. The highest BCUT2D eigenvalue weighted by Crippen LogP contribution is 2.37. The predicted octanol–water partition coefficient (Wildman–Crippen LogP) is 6.50. The number of benzene rings is 1. The van der Waals surface area contributed by atoms with Gasteiger partial charge in [-0.05, 0) is 71.2 Å². The molecule has 1 fully saturated rings. The van der Waals surface area contributed by atoms with Gasteiger partial charge in [0, 0.05) is 48.1 Å². The van der Waals surface area contributed by atoms with Crippen molar-refractivity contribution in [2.24, 2.45) is 0 Å². The van der Waals surface area contributed by atoms with Crippen LogP contribution in [0.2, 0.25) is 5.02 Å². The summed E-state index contributed by atoms with van der Waals surface area (Å²) in [5.74, 6) is 0.439. The number of fused-ring (bicyclic) bond motifs is 1. The molecule has 0 N–H and O–H groups in total. The SMILES string of the molecule is Cc1ccnc(C(C)C)c1-n1c(=O)nc(N2C[C@@H](C)N(C(=O)OC(C)(C)C)C[C@@H]2C)c2cc(Cl)c(-c3ccccc3S(C)=O)nc21. The Morgan fingerprint density at radius 3 is 2.43 bits per heavy atom. The molecule has 0 saturated carbocycles. The number of carbonyl (C=O) groups excluding carboxylic acids is 1. The van der Waals surface area contributed by atoms with E-state index in [1.165, 1.54) is 4.57 Å². The molecule has 46 heavy (non-hydrogen) atoms. The normalized spacial score (nSPS) is 17.9. The van der Waals surface area contributed by atoms with Crippen molar-refractivity contribution in [1.82, 2.24) is 24.4 Å². The Kier molecular flexibility index (Phi) is 9.30. The van der Waals surface area contributed by atoms with Crippen LogP contribution in [0.15, 0.2) is 52.3 Å². The molecule has 4 heterocycles. The first-order valence-corrected chi connectivity index (χ1v) is 17.3. The van der Waals surface area contributed by atoms with Crippen LogP contribution in [-0.2, 0) is 15.5 Å². The average molecular weight is 665 g/mol. The van der Waals surface area contributed by atoms with E-state index in [-0.39, 0.29) is 24.1 Å². The molecule has 3 aromatic heterocycles. The van der Waals surface area contributed by atoms with Crippen molar-refractivity contribution in [3.8, 4) is 16.9 Å². The first-order chi connectivity index (χ1) is 21.6. The van der Waals surface area contributed by atoms with Crippen LogP contribution in [-0.4, -0.2) is 71.8 Å². The number of hydrogen-bond acceptors (Lipinski definition) is 8. The zero-order valence-electron chi connectivity index (χ0n) is 27.8. The zero-order valence-corrected chi connectivity index (χ0v) is 29.4. The number of anilines is 1. The molecule has 0 radical (unpaired) electrons. The van der Waals surface area contributed by atoms with E-state index in [1.54, 1.807) is 29.5 Å². The number of ether oxygens (including phenoxy) is 1. The molecule has 4 aromatic rings. The number of aromatic nitrogens is 4. The van der Waals surface area contributed by atoms with Crippen molar-refractivity contribution >= 4 is 45.3 Å². The summed E-state index contributed by atoms with van der Waals surface area (Å²) in [6, 6.07) is 10.5. The van der Waals surface area contributed by atoms with Gasteiger partial charge in [-0.25, -0.2) is 19.1 Å². The van der Waals surface area contributed by atoms with Crippen LogP contribution in [0.3, 0.4) is 0 Å². The molecular formula is C34H41ClN6O4S. The lowest BCUT2D eigenvalue weighted by molar-refractivity contribution is 0.0130. The van der Waals surface area contributed by atoms with E-state index in [0.29, 0.717) is 56.8 Å². The van der Waals surface area contributed by atoms with Crippen molar-refractivity contribution in [3.05, 3.63) is 69.4 Å². The summed E-state index contributed by atoms with van der Waals surface area (Å²) in [6.07, 6.45) is 2.97. The Bertz CT molecular complexity index is 1900. The molecule has 244 valence electrons. The third kappa shape index (κ3) is 6.40. The zero-order chi connectivity index (χ0) is 33.7. The van der Waals surface area contributed by atoms with Crippen molar-refractivity contribution in [2.75, 3.05) is 24.2 Å². The fraction of sp³-hybridized carbons (Fsp3) is 0.441. The number of rotatable bonds is 5. The molecule has 10 nitrogen and oxygen atoms in total. The molecule has 1 aliphatic heterocycles. The number of hydrogen-bond donors (Lipinski definition) is 0. The van der Waals surface area contributed by atoms with Gasteiger partial charge in [-0.1, -0.05) is 43.6 Å². The van der Waals surface area contributed by atoms with E-state index in [0.717, 1.165) is 11.3 Å². The fourth-order valence-electron chi connectivity index (χ4n) is 5.91. The Morgan fingerprint density at radius 2 is 1.78 bits per heavy atom. The first-order valence-electron chi connectivity index (χ1n) is 15.4. The second kappa shape index (κ2) is 12.8. The number of piperazine rings is 1. The van der Waals surface area contributed by atoms with Crippen LogP contribution in [0.25, 0.3) is 28.0 Å². The van der Waals surface area contributed by atoms with E-state index in [2.05, 4.69) is 9.97 Å². The summed E-state index contributed by atoms with van der Waals surface area (Å²) in [5, 5.41) is 0.907. The molecule has 1 amide bonds. The van der Waals surface area contributed by atoms with Crippen LogP contribution in [0.5, 0.6) is 0 Å². The summed E-state index contributed by atoms with van der Waals surface area (Å²) in [5.41, 5.74) is 2.46. The van der Waals surface area contributed by atoms with E-state index in [4.69, 9.17) is 21.3 Å². The molecular weight excluding hydrogens is 624 g/mol. The van der Waals surface area contributed by atoms with Gasteiger partial charge in [-0.3, -0.25) is 9.19 Å². The van der Waals surface area contributed by atoms with Gasteiger partial charge >= 0.3 is 11.8 Å². The number of amides is 1. The number of aryl methyl sites for hydroxylation is 1. The molecule has 5 rings (SSSR count). The summed E-state index contributed by atoms with van der Waals surface area (Å²) >= 11 is 6.99. The van der Waals surface area contributed by atoms with E-state index in [1.807, 2.05) is 84.6 Å². The highest BCUT2D eigenvalue weighted by atomic mass is 35.5. The van der Waals surface area contributed by atoms with E-state index >= 15 is 0 Å². The van der Waals surface area contributed by atoms with Crippen LogP contribution in [0, 0.1) is 6.92 Å². The Hall–Kier alpha value is -3.83. The second-order valence-corrected chi connectivity index (χ2v) is 14.9. The first kappa shape index (κ1) is 33.5. The maximum Gasteiger partial charge on any atom is 0.410 e. The van der Waals surface area contributed by atoms with E-state index in [9.17, 15) is 13.8 Å². The summed E-state index contributed by atoms with van der Waals surface area (Å²) < 4.78 is 19.9. The smallest absolute Gasteiger partial charge is 0.410 e. The Morgan fingerprint density at radius 1 is 1.09 bits per heavy atom. The van der Waals surface area contributed by atoms with Gasteiger partial charge in [0.05, 0.1) is 38.3 Å². The maximum absolute atomic E-state index is 14.2. The van der Waals surface area contributed by atoms with Gasteiger partial charge in [-0.2, -0.15) is 4.98 Å². The van der Waals surface area contributed by atoms with Crippen LogP contribution < -0.4 is 10.6 Å². The number of carbonyl (C=O) groups is 1. The van der Waals surface area contributed by atoms with Gasteiger partial charge in [0.1, 0.15) is 11.4 Å². The fourth-order valence-corrected chi connectivity index (χ4v) is 6.91. The molecule has 1 aromatic carbocycles. The molecule has 3 atom stereocenters. The molecule has 12 heteroatoms. The number of halogens is 1. The van der Waals surface area contributed by atoms with Crippen LogP contribution in [0.4, 0.5) is 10.6 Å².